The first-order valence-corrected chi connectivity index (χ1v) is 8.60. The number of hydrogen-bond donors (Lipinski definition) is 1. The van der Waals surface area contributed by atoms with Crippen molar-refractivity contribution >= 4 is 15.8 Å². The third-order valence-corrected chi connectivity index (χ3v) is 4.73. The maximum atomic E-state index is 12.4. The summed E-state index contributed by atoms with van der Waals surface area (Å²) >= 11 is 0. The van der Waals surface area contributed by atoms with Crippen molar-refractivity contribution in [3.63, 3.8) is 0 Å². The SMILES string of the molecule is CCc1ccc(C(=O)O)cc1S(=O)(=O)CCOCC(C)C. The lowest BCUT2D eigenvalue weighted by molar-refractivity contribution is 0.0696. The summed E-state index contributed by atoms with van der Waals surface area (Å²) in [5.74, 6) is -0.935. The molecule has 0 radical (unpaired) electrons. The van der Waals surface area contributed by atoms with E-state index in [2.05, 4.69) is 0 Å². The highest BCUT2D eigenvalue weighted by Crippen LogP contribution is 2.20. The maximum absolute atomic E-state index is 12.4. The van der Waals surface area contributed by atoms with Crippen molar-refractivity contribution in [3.05, 3.63) is 29.3 Å². The van der Waals surface area contributed by atoms with Crippen LogP contribution in [0.25, 0.3) is 0 Å². The van der Waals surface area contributed by atoms with Crippen LogP contribution in [0.5, 0.6) is 0 Å². The van der Waals surface area contributed by atoms with Gasteiger partial charge in [0.05, 0.1) is 22.8 Å². The van der Waals surface area contributed by atoms with Crippen LogP contribution in [0.4, 0.5) is 0 Å². The first-order chi connectivity index (χ1) is 9.77. The van der Waals surface area contributed by atoms with Gasteiger partial charge in [0.2, 0.25) is 0 Å². The van der Waals surface area contributed by atoms with Crippen LogP contribution in [0.1, 0.15) is 36.7 Å². The quantitative estimate of drug-likeness (QED) is 0.745. The molecule has 0 saturated heterocycles. The molecule has 0 aliphatic heterocycles. The molecule has 0 bridgehead atoms. The summed E-state index contributed by atoms with van der Waals surface area (Å²) in [7, 11) is -3.55. The van der Waals surface area contributed by atoms with Crippen LogP contribution in [-0.2, 0) is 21.0 Å². The van der Waals surface area contributed by atoms with Crippen molar-refractivity contribution in [2.75, 3.05) is 19.0 Å². The summed E-state index contributed by atoms with van der Waals surface area (Å²) in [6, 6.07) is 4.22. The molecule has 0 aromatic heterocycles. The average Bonchev–Trinajstić information content (AvgIpc) is 2.42. The van der Waals surface area contributed by atoms with Gasteiger partial charge in [0.25, 0.3) is 0 Å². The van der Waals surface area contributed by atoms with Crippen LogP contribution in [0.2, 0.25) is 0 Å². The van der Waals surface area contributed by atoms with Gasteiger partial charge in [-0.2, -0.15) is 0 Å². The summed E-state index contributed by atoms with van der Waals surface area (Å²) in [6.45, 7) is 6.43. The smallest absolute Gasteiger partial charge is 0.335 e. The van der Waals surface area contributed by atoms with Crippen molar-refractivity contribution in [3.8, 4) is 0 Å². The van der Waals surface area contributed by atoms with E-state index in [9.17, 15) is 13.2 Å². The molecular weight excluding hydrogens is 292 g/mol. The number of carboxylic acid groups (broad SMARTS) is 1. The first kappa shape index (κ1) is 17.7. The second-order valence-electron chi connectivity index (χ2n) is 5.27. The van der Waals surface area contributed by atoms with Gasteiger partial charge in [-0.3, -0.25) is 0 Å². The molecule has 21 heavy (non-hydrogen) atoms. The molecule has 0 fully saturated rings. The van der Waals surface area contributed by atoms with Gasteiger partial charge in [-0.25, -0.2) is 13.2 Å². The van der Waals surface area contributed by atoms with E-state index in [-0.39, 0.29) is 22.8 Å². The third kappa shape index (κ3) is 5.13. The largest absolute Gasteiger partial charge is 0.478 e. The van der Waals surface area contributed by atoms with Crippen molar-refractivity contribution in [2.24, 2.45) is 5.92 Å². The summed E-state index contributed by atoms with van der Waals surface area (Å²) in [5.41, 5.74) is 0.609. The van der Waals surface area contributed by atoms with E-state index in [0.29, 0.717) is 24.5 Å². The normalized spacial score (nSPS) is 11.8. The van der Waals surface area contributed by atoms with Gasteiger partial charge in [0.15, 0.2) is 9.84 Å². The van der Waals surface area contributed by atoms with E-state index in [0.717, 1.165) is 0 Å². The van der Waals surface area contributed by atoms with Crippen molar-refractivity contribution in [1.29, 1.82) is 0 Å². The Bertz CT molecular complexity index is 590. The zero-order valence-electron chi connectivity index (χ0n) is 12.6. The van der Waals surface area contributed by atoms with Gasteiger partial charge in [-0.05, 0) is 30.0 Å². The van der Waals surface area contributed by atoms with Crippen LogP contribution in [0.15, 0.2) is 23.1 Å². The van der Waals surface area contributed by atoms with Crippen molar-refractivity contribution < 1.29 is 23.1 Å². The van der Waals surface area contributed by atoms with E-state index in [1.165, 1.54) is 12.1 Å². The zero-order valence-corrected chi connectivity index (χ0v) is 13.4. The van der Waals surface area contributed by atoms with Gasteiger partial charge in [0.1, 0.15) is 0 Å². The van der Waals surface area contributed by atoms with Crippen molar-refractivity contribution in [1.82, 2.24) is 0 Å². The van der Waals surface area contributed by atoms with Crippen LogP contribution in [-0.4, -0.2) is 38.5 Å². The molecule has 0 aliphatic rings. The molecule has 0 saturated carbocycles. The molecule has 1 aromatic carbocycles. The van der Waals surface area contributed by atoms with Crippen LogP contribution >= 0.6 is 0 Å². The molecular formula is C15H22O5S. The molecule has 0 spiro atoms. The molecule has 0 aliphatic carbocycles. The Labute approximate surface area is 125 Å². The monoisotopic (exact) mass is 314 g/mol. The molecule has 1 N–H and O–H groups in total. The minimum absolute atomic E-state index is 0.0196. The number of aryl methyl sites for hydroxylation is 1. The zero-order chi connectivity index (χ0) is 16.0. The van der Waals surface area contributed by atoms with Gasteiger partial charge in [-0.1, -0.05) is 26.8 Å². The number of sulfone groups is 1. The maximum Gasteiger partial charge on any atom is 0.335 e. The van der Waals surface area contributed by atoms with Gasteiger partial charge >= 0.3 is 5.97 Å². The molecule has 0 atom stereocenters. The number of aromatic carboxylic acids is 1. The number of hydrogen-bond acceptors (Lipinski definition) is 4. The fraction of sp³-hybridized carbons (Fsp3) is 0.533. The molecule has 5 nitrogen and oxygen atoms in total. The predicted molar refractivity (Wildman–Crippen MR) is 80.5 cm³/mol. The Morgan fingerprint density at radius 1 is 1.33 bits per heavy atom. The number of rotatable bonds is 8. The second-order valence-corrected chi connectivity index (χ2v) is 7.35. The lowest BCUT2D eigenvalue weighted by atomic mass is 10.1. The predicted octanol–water partition coefficient (Wildman–Crippen LogP) is 2.39. The molecule has 6 heteroatoms. The summed E-state index contributed by atoms with van der Waals surface area (Å²) < 4.78 is 30.0. The topological polar surface area (TPSA) is 80.7 Å². The highest BCUT2D eigenvalue weighted by Gasteiger charge is 2.20. The molecule has 0 unspecified atom stereocenters. The number of carboxylic acids is 1. The first-order valence-electron chi connectivity index (χ1n) is 6.94. The van der Waals surface area contributed by atoms with Gasteiger partial charge in [-0.15, -0.1) is 0 Å². The Kier molecular flexibility index (Phi) is 6.36. The van der Waals surface area contributed by atoms with Crippen LogP contribution in [0, 0.1) is 5.92 Å². The third-order valence-electron chi connectivity index (χ3n) is 2.98. The van der Waals surface area contributed by atoms with Crippen molar-refractivity contribution in [2.45, 2.75) is 32.1 Å². The standard InChI is InChI=1S/C15H22O5S/c1-4-12-5-6-13(15(16)17)9-14(12)21(18,19)8-7-20-10-11(2)3/h5-6,9,11H,4,7-8,10H2,1-3H3,(H,16,17). The Morgan fingerprint density at radius 2 is 2.00 bits per heavy atom. The average molecular weight is 314 g/mol. The van der Waals surface area contributed by atoms with Gasteiger partial charge in [0, 0.05) is 6.61 Å². The fourth-order valence-corrected chi connectivity index (χ4v) is 3.34. The summed E-state index contributed by atoms with van der Waals surface area (Å²) in [6.07, 6.45) is 0.529. The Hall–Kier alpha value is -1.40. The Morgan fingerprint density at radius 3 is 2.52 bits per heavy atom. The minimum Gasteiger partial charge on any atom is -0.478 e. The number of ether oxygens (including phenoxy) is 1. The van der Waals surface area contributed by atoms with E-state index in [4.69, 9.17) is 9.84 Å². The number of carbonyl (C=O) groups is 1. The molecule has 118 valence electrons. The number of benzene rings is 1. The van der Waals surface area contributed by atoms with E-state index in [1.807, 2.05) is 20.8 Å². The molecule has 1 aromatic rings. The highest BCUT2D eigenvalue weighted by atomic mass is 32.2. The summed E-state index contributed by atoms with van der Waals surface area (Å²) in [5, 5.41) is 8.99. The second kappa shape index (κ2) is 7.56. The minimum atomic E-state index is -3.55. The van der Waals surface area contributed by atoms with Gasteiger partial charge < -0.3 is 9.84 Å². The lowest BCUT2D eigenvalue weighted by Crippen LogP contribution is -2.16. The lowest BCUT2D eigenvalue weighted by Gasteiger charge is -2.11. The Balaban J connectivity index is 2.95. The van der Waals surface area contributed by atoms with Crippen LogP contribution < -0.4 is 0 Å². The molecule has 0 heterocycles. The van der Waals surface area contributed by atoms with E-state index in [1.54, 1.807) is 6.07 Å². The fourth-order valence-electron chi connectivity index (χ4n) is 1.87. The van der Waals surface area contributed by atoms with E-state index < -0.39 is 15.8 Å². The summed E-state index contributed by atoms with van der Waals surface area (Å²) in [4.78, 5) is 11.1. The van der Waals surface area contributed by atoms with Crippen LogP contribution in [0.3, 0.4) is 0 Å². The molecule has 0 amide bonds. The highest BCUT2D eigenvalue weighted by molar-refractivity contribution is 7.91. The van der Waals surface area contributed by atoms with E-state index >= 15 is 0 Å². The molecule has 1 rings (SSSR count).